The molecule has 0 spiro atoms. The first-order valence-corrected chi connectivity index (χ1v) is 5.29. The average molecular weight is 200 g/mol. The van der Waals surface area contributed by atoms with E-state index in [1.54, 1.807) is 0 Å². The molecule has 2 unspecified atom stereocenters. The molecule has 0 bridgehead atoms. The first-order chi connectivity index (χ1) is 6.70. The Bertz CT molecular complexity index is 197. The van der Waals surface area contributed by atoms with Crippen molar-refractivity contribution in [2.24, 2.45) is 11.7 Å². The predicted molar refractivity (Wildman–Crippen MR) is 54.8 cm³/mol. The highest BCUT2D eigenvalue weighted by molar-refractivity contribution is 5.79. The molecule has 4 nitrogen and oxygen atoms in total. The summed E-state index contributed by atoms with van der Waals surface area (Å²) in [5, 5.41) is 0. The van der Waals surface area contributed by atoms with E-state index in [9.17, 15) is 4.79 Å². The Morgan fingerprint density at radius 2 is 2.43 bits per heavy atom. The van der Waals surface area contributed by atoms with E-state index in [-0.39, 0.29) is 17.9 Å². The van der Waals surface area contributed by atoms with Crippen LogP contribution in [0.25, 0.3) is 0 Å². The van der Waals surface area contributed by atoms with Crippen LogP contribution in [0.2, 0.25) is 0 Å². The van der Waals surface area contributed by atoms with Crippen LogP contribution in [-0.4, -0.2) is 43.2 Å². The normalized spacial score (nSPS) is 24.8. The van der Waals surface area contributed by atoms with Crippen molar-refractivity contribution in [2.75, 3.05) is 26.3 Å². The van der Waals surface area contributed by atoms with Gasteiger partial charge in [-0.15, -0.1) is 0 Å². The number of morpholine rings is 1. The number of nitrogens with two attached hydrogens (primary N) is 1. The molecule has 2 atom stereocenters. The summed E-state index contributed by atoms with van der Waals surface area (Å²) < 4.78 is 5.34. The lowest BCUT2D eigenvalue weighted by atomic mass is 10.1. The lowest BCUT2D eigenvalue weighted by Crippen LogP contribution is -2.51. The number of hydrogen-bond acceptors (Lipinski definition) is 3. The van der Waals surface area contributed by atoms with Crippen LogP contribution in [0.3, 0.4) is 0 Å². The van der Waals surface area contributed by atoms with Gasteiger partial charge in [-0.3, -0.25) is 4.79 Å². The summed E-state index contributed by atoms with van der Waals surface area (Å²) in [6.07, 6.45) is 0.947. The Morgan fingerprint density at radius 1 is 1.71 bits per heavy atom. The second kappa shape index (κ2) is 5.32. The highest BCUT2D eigenvalue weighted by atomic mass is 16.5. The fourth-order valence-electron chi connectivity index (χ4n) is 1.67. The maximum absolute atomic E-state index is 11.9. The van der Waals surface area contributed by atoms with Crippen molar-refractivity contribution in [3.05, 3.63) is 0 Å². The largest absolute Gasteiger partial charge is 0.377 e. The number of carbonyl (C=O) groups is 1. The molecule has 0 aromatic carbocycles. The molecule has 1 aliphatic heterocycles. The summed E-state index contributed by atoms with van der Waals surface area (Å²) >= 11 is 0. The molecule has 1 heterocycles. The van der Waals surface area contributed by atoms with Gasteiger partial charge in [-0.2, -0.15) is 0 Å². The van der Waals surface area contributed by atoms with Gasteiger partial charge in [0.05, 0.1) is 19.3 Å². The van der Waals surface area contributed by atoms with Crippen LogP contribution in [-0.2, 0) is 9.53 Å². The van der Waals surface area contributed by atoms with E-state index < -0.39 is 0 Å². The van der Waals surface area contributed by atoms with Gasteiger partial charge in [0.2, 0.25) is 5.91 Å². The molecule has 0 saturated carbocycles. The topological polar surface area (TPSA) is 55.6 Å². The molecular weight excluding hydrogens is 180 g/mol. The van der Waals surface area contributed by atoms with Crippen molar-refractivity contribution in [3.63, 3.8) is 0 Å². The Balaban J connectivity index is 2.58. The summed E-state index contributed by atoms with van der Waals surface area (Å²) in [5.41, 5.74) is 5.49. The van der Waals surface area contributed by atoms with Gasteiger partial charge in [0.15, 0.2) is 0 Å². The molecular formula is C10H20N2O2. The first kappa shape index (κ1) is 11.5. The molecule has 1 amide bonds. The second-order valence-corrected chi connectivity index (χ2v) is 3.81. The Labute approximate surface area is 85.4 Å². The van der Waals surface area contributed by atoms with Gasteiger partial charge in [-0.05, 0) is 6.42 Å². The summed E-state index contributed by atoms with van der Waals surface area (Å²) in [6, 6.07) is 0.241. The van der Waals surface area contributed by atoms with Crippen molar-refractivity contribution in [1.29, 1.82) is 0 Å². The zero-order valence-corrected chi connectivity index (χ0v) is 9.03. The van der Waals surface area contributed by atoms with Crippen LogP contribution in [0.5, 0.6) is 0 Å². The van der Waals surface area contributed by atoms with Gasteiger partial charge in [0.25, 0.3) is 0 Å². The van der Waals surface area contributed by atoms with Gasteiger partial charge in [-0.25, -0.2) is 0 Å². The maximum atomic E-state index is 11.9. The smallest absolute Gasteiger partial charge is 0.227 e. The number of carbonyl (C=O) groups excluding carboxylic acids is 1. The standard InChI is InChI=1S/C10H20N2O2/c1-3-9-7-14-5-4-12(9)10(13)8(2)6-11/h8-9H,3-7,11H2,1-2H3. The number of hydrogen-bond donors (Lipinski definition) is 1. The number of nitrogens with zero attached hydrogens (tertiary/aromatic N) is 1. The molecule has 0 aliphatic carbocycles. The number of amides is 1. The first-order valence-electron chi connectivity index (χ1n) is 5.29. The summed E-state index contributed by atoms with van der Waals surface area (Å²) in [6.45, 7) is 6.41. The van der Waals surface area contributed by atoms with E-state index in [0.29, 0.717) is 26.3 Å². The highest BCUT2D eigenvalue weighted by Gasteiger charge is 2.28. The molecule has 1 rings (SSSR count). The van der Waals surface area contributed by atoms with Crippen LogP contribution >= 0.6 is 0 Å². The lowest BCUT2D eigenvalue weighted by molar-refractivity contribution is -0.143. The van der Waals surface area contributed by atoms with Gasteiger partial charge < -0.3 is 15.4 Å². The second-order valence-electron chi connectivity index (χ2n) is 3.81. The van der Waals surface area contributed by atoms with E-state index in [0.717, 1.165) is 6.42 Å². The van der Waals surface area contributed by atoms with E-state index in [1.165, 1.54) is 0 Å². The highest BCUT2D eigenvalue weighted by Crippen LogP contribution is 2.13. The molecule has 4 heteroatoms. The Morgan fingerprint density at radius 3 is 3.00 bits per heavy atom. The van der Waals surface area contributed by atoms with E-state index >= 15 is 0 Å². The van der Waals surface area contributed by atoms with Crippen molar-refractivity contribution in [1.82, 2.24) is 4.90 Å². The Hall–Kier alpha value is -0.610. The predicted octanol–water partition coefficient (Wildman–Crippen LogP) is 0.219. The summed E-state index contributed by atoms with van der Waals surface area (Å²) in [4.78, 5) is 13.8. The van der Waals surface area contributed by atoms with Crippen LogP contribution in [0.4, 0.5) is 0 Å². The molecule has 0 aromatic heterocycles. The fourth-order valence-corrected chi connectivity index (χ4v) is 1.67. The SMILES string of the molecule is CCC1COCCN1C(=O)C(C)CN. The van der Waals surface area contributed by atoms with E-state index in [1.807, 2.05) is 11.8 Å². The third-order valence-corrected chi connectivity index (χ3v) is 2.76. The van der Waals surface area contributed by atoms with Crippen molar-refractivity contribution >= 4 is 5.91 Å². The minimum atomic E-state index is -0.0675. The summed E-state index contributed by atoms with van der Waals surface area (Å²) in [7, 11) is 0. The third-order valence-electron chi connectivity index (χ3n) is 2.76. The average Bonchev–Trinajstić information content (AvgIpc) is 2.26. The third kappa shape index (κ3) is 2.45. The number of rotatable bonds is 3. The van der Waals surface area contributed by atoms with Gasteiger partial charge in [0.1, 0.15) is 0 Å². The zero-order valence-electron chi connectivity index (χ0n) is 9.03. The van der Waals surface area contributed by atoms with Gasteiger partial charge in [0, 0.05) is 19.0 Å². The summed E-state index contributed by atoms with van der Waals surface area (Å²) in [5.74, 6) is 0.102. The molecule has 0 radical (unpaired) electrons. The minimum absolute atomic E-state index is 0.0675. The molecule has 1 fully saturated rings. The van der Waals surface area contributed by atoms with E-state index in [2.05, 4.69) is 6.92 Å². The van der Waals surface area contributed by atoms with Crippen LogP contribution in [0, 0.1) is 5.92 Å². The fraction of sp³-hybridized carbons (Fsp3) is 0.900. The van der Waals surface area contributed by atoms with Crippen LogP contribution in [0.15, 0.2) is 0 Å². The Kier molecular flexibility index (Phi) is 4.35. The van der Waals surface area contributed by atoms with Crippen molar-refractivity contribution in [3.8, 4) is 0 Å². The van der Waals surface area contributed by atoms with Gasteiger partial charge >= 0.3 is 0 Å². The molecule has 1 saturated heterocycles. The maximum Gasteiger partial charge on any atom is 0.227 e. The van der Waals surface area contributed by atoms with Crippen LogP contribution < -0.4 is 5.73 Å². The number of ether oxygens (including phenoxy) is 1. The molecule has 14 heavy (non-hydrogen) atoms. The van der Waals surface area contributed by atoms with E-state index in [4.69, 9.17) is 10.5 Å². The monoisotopic (exact) mass is 200 g/mol. The quantitative estimate of drug-likeness (QED) is 0.709. The molecule has 0 aromatic rings. The lowest BCUT2D eigenvalue weighted by Gasteiger charge is -2.36. The van der Waals surface area contributed by atoms with Crippen LogP contribution in [0.1, 0.15) is 20.3 Å². The molecule has 1 aliphatic rings. The van der Waals surface area contributed by atoms with Crippen molar-refractivity contribution in [2.45, 2.75) is 26.3 Å². The zero-order chi connectivity index (χ0) is 10.6. The molecule has 82 valence electrons. The van der Waals surface area contributed by atoms with Crippen molar-refractivity contribution < 1.29 is 9.53 Å². The van der Waals surface area contributed by atoms with Gasteiger partial charge in [-0.1, -0.05) is 13.8 Å². The minimum Gasteiger partial charge on any atom is -0.377 e. The molecule has 2 N–H and O–H groups in total.